The lowest BCUT2D eigenvalue weighted by Gasteiger charge is -2.22. The lowest BCUT2D eigenvalue weighted by atomic mass is 9.86. The number of anilines is 1. The number of benzene rings is 2. The van der Waals surface area contributed by atoms with Crippen LogP contribution in [-0.4, -0.2) is 29.5 Å². The third kappa shape index (κ3) is 3.89. The molecule has 1 aliphatic rings. The Morgan fingerprint density at radius 3 is 2.71 bits per heavy atom. The molecule has 3 aromatic rings. The van der Waals surface area contributed by atoms with Gasteiger partial charge in [-0.25, -0.2) is 23.1 Å². The Labute approximate surface area is 180 Å². The first kappa shape index (κ1) is 21.6. The van der Waals surface area contributed by atoms with Crippen LogP contribution in [0.2, 0.25) is 0 Å². The van der Waals surface area contributed by atoms with E-state index in [-0.39, 0.29) is 5.56 Å². The van der Waals surface area contributed by atoms with Gasteiger partial charge in [-0.15, -0.1) is 0 Å². The normalized spacial score (nSPS) is 14.6. The number of nitrogens with zero attached hydrogens (tertiary/aromatic N) is 2. The summed E-state index contributed by atoms with van der Waals surface area (Å²) in [5.41, 5.74) is 3.11. The van der Waals surface area contributed by atoms with Crippen LogP contribution in [-0.2, 0) is 18.8 Å². The molecule has 1 heterocycles. The Kier molecular flexibility index (Phi) is 5.68. The smallest absolute Gasteiger partial charge is 0.278 e. The lowest BCUT2D eigenvalue weighted by molar-refractivity contribution is -0.0301. The number of aromatic nitrogens is 2. The van der Waals surface area contributed by atoms with Crippen molar-refractivity contribution in [3.05, 3.63) is 58.2 Å². The molecular weight excluding hydrogens is 402 g/mol. The zero-order valence-electron chi connectivity index (χ0n) is 17.5. The van der Waals surface area contributed by atoms with Crippen molar-refractivity contribution in [3.8, 4) is 0 Å². The van der Waals surface area contributed by atoms with E-state index < -0.39 is 36.4 Å². The van der Waals surface area contributed by atoms with Crippen LogP contribution in [0.3, 0.4) is 0 Å². The lowest BCUT2D eigenvalue weighted by Crippen LogP contribution is -2.20. The van der Waals surface area contributed by atoms with Gasteiger partial charge in [0.05, 0.1) is 17.1 Å². The van der Waals surface area contributed by atoms with Gasteiger partial charge in [-0.3, -0.25) is 0 Å². The Bertz CT molecular complexity index is 1150. The number of halogens is 3. The van der Waals surface area contributed by atoms with E-state index >= 15 is 4.39 Å². The van der Waals surface area contributed by atoms with E-state index in [4.69, 9.17) is 13.0 Å². The molecule has 0 bridgehead atoms. The molecule has 8 heteroatoms. The Morgan fingerprint density at radius 2 is 1.97 bits per heavy atom. The minimum absolute atomic E-state index is 0.0914. The molecule has 1 aromatic heterocycles. The number of aliphatic hydroxyl groups excluding tert-OH is 1. The first-order chi connectivity index (χ1) is 14.7. The highest BCUT2D eigenvalue weighted by Gasteiger charge is 2.35. The fourth-order valence-electron chi connectivity index (χ4n) is 4.35. The maximum Gasteiger partial charge on any atom is 0.278 e. The Hall–Kier alpha value is -2.61. The molecule has 160 valence electrons. The number of hydrogen-bond acceptors (Lipinski definition) is 4. The van der Waals surface area contributed by atoms with Crippen LogP contribution in [0.15, 0.2) is 24.3 Å². The van der Waals surface area contributed by atoms with E-state index in [1.54, 1.807) is 13.8 Å². The predicted molar refractivity (Wildman–Crippen MR) is 116 cm³/mol. The molecule has 0 saturated carbocycles. The molecule has 0 saturated heterocycles. The van der Waals surface area contributed by atoms with Gasteiger partial charge in [0, 0.05) is 24.0 Å². The van der Waals surface area contributed by atoms with Crippen molar-refractivity contribution in [1.82, 2.24) is 9.97 Å². The standard InChI is InChI=1S/C23H23BF3N3O/c1-12(14-5-4-8-18(20(14)25)23(26,27)9-10-31)28-22-17-11-19(24)15-6-3-7-16(15)21(17)29-13(2)30-22/h4-5,8,11-12,31H,3,6-7,9-10H2,1-2H3,(H,28,29,30)/t12-/m1/s1. The summed E-state index contributed by atoms with van der Waals surface area (Å²) >= 11 is 0. The maximum atomic E-state index is 15.0. The van der Waals surface area contributed by atoms with Gasteiger partial charge < -0.3 is 10.4 Å². The second kappa shape index (κ2) is 8.15. The molecule has 0 amide bonds. The van der Waals surface area contributed by atoms with Crippen LogP contribution in [0.4, 0.5) is 19.0 Å². The van der Waals surface area contributed by atoms with E-state index in [2.05, 4.69) is 15.3 Å². The van der Waals surface area contributed by atoms with E-state index in [0.29, 0.717) is 17.1 Å². The van der Waals surface area contributed by atoms with Crippen molar-refractivity contribution in [3.63, 3.8) is 0 Å². The molecule has 0 aliphatic heterocycles. The molecule has 1 atom stereocenters. The molecule has 0 spiro atoms. The molecule has 0 fully saturated rings. The average molecular weight is 425 g/mol. The van der Waals surface area contributed by atoms with Crippen LogP contribution in [0, 0.1) is 12.7 Å². The summed E-state index contributed by atoms with van der Waals surface area (Å²) in [5, 5.41) is 12.8. The average Bonchev–Trinajstić information content (AvgIpc) is 3.20. The summed E-state index contributed by atoms with van der Waals surface area (Å²) < 4.78 is 43.6. The van der Waals surface area contributed by atoms with Gasteiger partial charge in [0.25, 0.3) is 5.92 Å². The van der Waals surface area contributed by atoms with Gasteiger partial charge in [0.2, 0.25) is 0 Å². The fourth-order valence-corrected chi connectivity index (χ4v) is 4.35. The van der Waals surface area contributed by atoms with Crippen LogP contribution < -0.4 is 10.8 Å². The second-order valence-electron chi connectivity index (χ2n) is 8.04. The summed E-state index contributed by atoms with van der Waals surface area (Å²) in [4.78, 5) is 9.09. The predicted octanol–water partition coefficient (Wildman–Crippen LogP) is 4.01. The highest BCUT2D eigenvalue weighted by Crippen LogP contribution is 2.37. The number of alkyl halides is 2. The molecule has 0 unspecified atom stereocenters. The van der Waals surface area contributed by atoms with Crippen LogP contribution in [0.5, 0.6) is 0 Å². The number of hydrogen-bond donors (Lipinski definition) is 2. The zero-order valence-corrected chi connectivity index (χ0v) is 17.5. The first-order valence-electron chi connectivity index (χ1n) is 10.4. The molecule has 2 aromatic carbocycles. The molecular formula is C23H23BF3N3O. The van der Waals surface area contributed by atoms with Gasteiger partial charge in [0.1, 0.15) is 25.3 Å². The van der Waals surface area contributed by atoms with Crippen molar-refractivity contribution >= 4 is 30.0 Å². The van der Waals surface area contributed by atoms with Crippen molar-refractivity contribution in [2.45, 2.75) is 51.5 Å². The molecule has 31 heavy (non-hydrogen) atoms. The number of fused-ring (bicyclic) bond motifs is 3. The Morgan fingerprint density at radius 1 is 1.23 bits per heavy atom. The number of aliphatic hydroxyl groups is 1. The maximum absolute atomic E-state index is 15.0. The van der Waals surface area contributed by atoms with Crippen LogP contribution >= 0.6 is 0 Å². The summed E-state index contributed by atoms with van der Waals surface area (Å²) in [7, 11) is 6.26. The van der Waals surface area contributed by atoms with Crippen LogP contribution in [0.1, 0.15) is 53.9 Å². The highest BCUT2D eigenvalue weighted by atomic mass is 19.3. The molecule has 2 N–H and O–H groups in total. The van der Waals surface area contributed by atoms with Gasteiger partial charge in [0.15, 0.2) is 0 Å². The highest BCUT2D eigenvalue weighted by molar-refractivity contribution is 6.34. The summed E-state index contributed by atoms with van der Waals surface area (Å²) in [5.74, 6) is -3.40. The summed E-state index contributed by atoms with van der Waals surface area (Å²) in [6.07, 6.45) is 1.98. The minimum Gasteiger partial charge on any atom is -0.396 e. The minimum atomic E-state index is -3.46. The first-order valence-corrected chi connectivity index (χ1v) is 10.4. The number of aryl methyl sites for hydroxylation is 2. The second-order valence-corrected chi connectivity index (χ2v) is 8.04. The van der Waals surface area contributed by atoms with Gasteiger partial charge >= 0.3 is 0 Å². The van der Waals surface area contributed by atoms with E-state index in [0.717, 1.165) is 47.4 Å². The van der Waals surface area contributed by atoms with Gasteiger partial charge in [-0.2, -0.15) is 0 Å². The summed E-state index contributed by atoms with van der Waals surface area (Å²) in [6.45, 7) is 2.73. The zero-order chi connectivity index (χ0) is 22.3. The molecule has 4 nitrogen and oxygen atoms in total. The van der Waals surface area contributed by atoms with E-state index in [1.165, 1.54) is 12.1 Å². The number of rotatable bonds is 6. The largest absolute Gasteiger partial charge is 0.396 e. The van der Waals surface area contributed by atoms with Crippen LogP contribution in [0.25, 0.3) is 10.9 Å². The summed E-state index contributed by atoms with van der Waals surface area (Å²) in [6, 6.07) is 5.10. The molecule has 4 rings (SSSR count). The molecule has 2 radical (unpaired) electrons. The van der Waals surface area contributed by atoms with E-state index in [1.807, 2.05) is 6.07 Å². The fraction of sp³-hybridized carbons (Fsp3) is 0.391. The van der Waals surface area contributed by atoms with Crippen molar-refractivity contribution < 1.29 is 18.3 Å². The number of nitrogens with one attached hydrogen (secondary N) is 1. The van der Waals surface area contributed by atoms with Crippen molar-refractivity contribution in [2.75, 3.05) is 11.9 Å². The SMILES string of the molecule is [B]c1cc2c(N[C@H](C)c3cccc(C(F)(F)CCO)c3F)nc(C)nc2c2c1CCC2. The monoisotopic (exact) mass is 425 g/mol. The Balaban J connectivity index is 1.75. The van der Waals surface area contributed by atoms with Gasteiger partial charge in [-0.1, -0.05) is 29.7 Å². The molecule has 1 aliphatic carbocycles. The van der Waals surface area contributed by atoms with Crippen molar-refractivity contribution in [1.29, 1.82) is 0 Å². The topological polar surface area (TPSA) is 58.0 Å². The van der Waals surface area contributed by atoms with E-state index in [9.17, 15) is 8.78 Å². The third-order valence-corrected chi connectivity index (χ3v) is 5.88. The van der Waals surface area contributed by atoms with Crippen molar-refractivity contribution in [2.24, 2.45) is 0 Å². The van der Waals surface area contributed by atoms with Gasteiger partial charge in [-0.05, 0) is 44.2 Å². The quantitative estimate of drug-likeness (QED) is 0.587. The third-order valence-electron chi connectivity index (χ3n) is 5.88.